The number of ether oxygens (including phenoxy) is 3. The normalized spacial score (nSPS) is 17.3. The van der Waals surface area contributed by atoms with Crippen molar-refractivity contribution in [1.82, 2.24) is 10.2 Å². The molecule has 0 bridgehead atoms. The van der Waals surface area contributed by atoms with Crippen molar-refractivity contribution < 1.29 is 19.0 Å². The number of unbranched alkanes of at least 4 members (excludes halogenated alkanes) is 1. The molecule has 1 aliphatic rings. The maximum absolute atomic E-state index is 12.3. The fourth-order valence-electron chi connectivity index (χ4n) is 3.10. The molecule has 1 saturated heterocycles. The second-order valence-electron chi connectivity index (χ2n) is 7.13. The minimum absolute atomic E-state index is 0.0547. The maximum atomic E-state index is 12.3. The van der Waals surface area contributed by atoms with E-state index in [1.165, 1.54) is 0 Å². The second-order valence-corrected chi connectivity index (χ2v) is 7.13. The molecule has 0 saturated carbocycles. The molecule has 2 atom stereocenters. The summed E-state index contributed by atoms with van der Waals surface area (Å²) >= 11 is 0. The summed E-state index contributed by atoms with van der Waals surface area (Å²) in [5.41, 5.74) is 0.892. The Kier molecular flexibility index (Phi) is 9.31. The molecule has 0 aromatic heterocycles. The van der Waals surface area contributed by atoms with Gasteiger partial charge in [0.25, 0.3) is 0 Å². The van der Waals surface area contributed by atoms with Crippen molar-refractivity contribution in [3.63, 3.8) is 0 Å². The lowest BCUT2D eigenvalue weighted by Crippen LogP contribution is -2.51. The van der Waals surface area contributed by atoms with Crippen LogP contribution in [-0.4, -0.2) is 62.9 Å². The molecule has 156 valence electrons. The Labute approximate surface area is 168 Å². The van der Waals surface area contributed by atoms with Crippen LogP contribution < -0.4 is 14.8 Å². The highest BCUT2D eigenvalue weighted by molar-refractivity contribution is 5.92. The van der Waals surface area contributed by atoms with Crippen molar-refractivity contribution in [3.05, 3.63) is 29.8 Å². The summed E-state index contributed by atoms with van der Waals surface area (Å²) in [6.45, 7) is 10.3. The highest BCUT2D eigenvalue weighted by atomic mass is 16.5. The minimum atomic E-state index is -0.102. The molecule has 1 aromatic rings. The summed E-state index contributed by atoms with van der Waals surface area (Å²) in [6, 6.07) is 6.01. The van der Waals surface area contributed by atoms with E-state index >= 15 is 0 Å². The van der Waals surface area contributed by atoms with E-state index in [1.807, 2.05) is 25.1 Å². The lowest BCUT2D eigenvalue weighted by molar-refractivity contribution is -0.117. The van der Waals surface area contributed by atoms with Gasteiger partial charge in [-0.15, -0.1) is 0 Å². The highest BCUT2D eigenvalue weighted by Gasteiger charge is 2.22. The van der Waals surface area contributed by atoms with Gasteiger partial charge in [-0.05, 0) is 44.0 Å². The van der Waals surface area contributed by atoms with Crippen LogP contribution in [0.5, 0.6) is 11.5 Å². The third-order valence-corrected chi connectivity index (χ3v) is 5.09. The van der Waals surface area contributed by atoms with E-state index in [-0.39, 0.29) is 18.0 Å². The fraction of sp³-hybridized carbons (Fsp3) is 0.591. The summed E-state index contributed by atoms with van der Waals surface area (Å²) in [5.74, 6) is 1.30. The van der Waals surface area contributed by atoms with Gasteiger partial charge in [-0.25, -0.2) is 0 Å². The van der Waals surface area contributed by atoms with Crippen molar-refractivity contribution in [3.8, 4) is 11.5 Å². The molecule has 6 nitrogen and oxygen atoms in total. The van der Waals surface area contributed by atoms with E-state index in [1.54, 1.807) is 19.3 Å². The molecule has 1 aliphatic heterocycles. The molecule has 1 N–H and O–H groups in total. The van der Waals surface area contributed by atoms with Crippen molar-refractivity contribution >= 4 is 12.0 Å². The molecule has 28 heavy (non-hydrogen) atoms. The summed E-state index contributed by atoms with van der Waals surface area (Å²) in [4.78, 5) is 14.7. The zero-order chi connectivity index (χ0) is 20.4. The number of carbonyl (C=O) groups is 1. The quantitative estimate of drug-likeness (QED) is 0.491. The van der Waals surface area contributed by atoms with Gasteiger partial charge in [-0.2, -0.15) is 0 Å². The molecular weight excluding hydrogens is 356 g/mol. The molecule has 1 amide bonds. The zero-order valence-corrected chi connectivity index (χ0v) is 17.6. The number of amides is 1. The van der Waals surface area contributed by atoms with Crippen LogP contribution in [0.2, 0.25) is 0 Å². The molecule has 1 fully saturated rings. The Morgan fingerprint density at radius 1 is 1.29 bits per heavy atom. The number of morpholine rings is 1. The van der Waals surface area contributed by atoms with E-state index in [0.29, 0.717) is 12.4 Å². The van der Waals surface area contributed by atoms with Crippen LogP contribution in [0.25, 0.3) is 6.08 Å². The number of nitrogens with one attached hydrogen (secondary N) is 1. The smallest absolute Gasteiger partial charge is 0.244 e. The molecule has 1 aromatic carbocycles. The van der Waals surface area contributed by atoms with E-state index < -0.39 is 0 Å². The monoisotopic (exact) mass is 390 g/mol. The van der Waals surface area contributed by atoms with Gasteiger partial charge in [-0.1, -0.05) is 19.4 Å². The van der Waals surface area contributed by atoms with E-state index in [0.717, 1.165) is 50.5 Å². The summed E-state index contributed by atoms with van der Waals surface area (Å²) in [5, 5.41) is 3.06. The number of benzene rings is 1. The van der Waals surface area contributed by atoms with Gasteiger partial charge < -0.3 is 19.5 Å². The average Bonchev–Trinajstić information content (AvgIpc) is 2.73. The van der Waals surface area contributed by atoms with Crippen LogP contribution in [-0.2, 0) is 9.53 Å². The van der Waals surface area contributed by atoms with Crippen LogP contribution in [0.3, 0.4) is 0 Å². The molecule has 0 aliphatic carbocycles. The zero-order valence-electron chi connectivity index (χ0n) is 17.6. The summed E-state index contributed by atoms with van der Waals surface area (Å²) < 4.78 is 16.5. The first-order chi connectivity index (χ1) is 13.5. The number of methoxy groups -OCH3 is 1. The number of rotatable bonds is 10. The predicted molar refractivity (Wildman–Crippen MR) is 112 cm³/mol. The van der Waals surface area contributed by atoms with Gasteiger partial charge in [-0.3, -0.25) is 9.69 Å². The van der Waals surface area contributed by atoms with Gasteiger partial charge in [0, 0.05) is 31.2 Å². The SMILES string of the molecule is CCCCOc1ccc(/C=C/C(=O)NC(C)C(C)N2CCOCC2)cc1OC. The number of nitrogens with zero attached hydrogens (tertiary/aromatic N) is 1. The molecule has 2 unspecified atom stereocenters. The Morgan fingerprint density at radius 3 is 2.71 bits per heavy atom. The lowest BCUT2D eigenvalue weighted by atomic mass is 10.1. The first kappa shape index (κ1) is 22.2. The highest BCUT2D eigenvalue weighted by Crippen LogP contribution is 2.28. The number of carbonyl (C=O) groups excluding carboxylic acids is 1. The topological polar surface area (TPSA) is 60.0 Å². The second kappa shape index (κ2) is 11.7. The third kappa shape index (κ3) is 6.84. The van der Waals surface area contributed by atoms with Crippen LogP contribution in [0, 0.1) is 0 Å². The Morgan fingerprint density at radius 2 is 2.04 bits per heavy atom. The van der Waals surface area contributed by atoms with Gasteiger partial charge in [0.15, 0.2) is 11.5 Å². The van der Waals surface area contributed by atoms with Gasteiger partial charge in [0.1, 0.15) is 0 Å². The fourth-order valence-corrected chi connectivity index (χ4v) is 3.10. The number of hydrogen-bond acceptors (Lipinski definition) is 5. The molecule has 2 rings (SSSR count). The van der Waals surface area contributed by atoms with Crippen LogP contribution >= 0.6 is 0 Å². The van der Waals surface area contributed by atoms with Crippen molar-refractivity contribution in [2.75, 3.05) is 40.0 Å². The van der Waals surface area contributed by atoms with Crippen LogP contribution in [0.15, 0.2) is 24.3 Å². The summed E-state index contributed by atoms with van der Waals surface area (Å²) in [7, 11) is 1.62. The largest absolute Gasteiger partial charge is 0.493 e. The van der Waals surface area contributed by atoms with Gasteiger partial charge in [0.05, 0.1) is 26.9 Å². The van der Waals surface area contributed by atoms with Gasteiger partial charge >= 0.3 is 0 Å². The molecule has 0 spiro atoms. The van der Waals surface area contributed by atoms with Gasteiger partial charge in [0.2, 0.25) is 5.91 Å². The van der Waals surface area contributed by atoms with Crippen molar-refractivity contribution in [1.29, 1.82) is 0 Å². The standard InChI is InChI=1S/C22H34N2O4/c1-5-6-13-28-20-9-7-19(16-21(20)26-4)8-10-22(25)23-17(2)18(3)24-11-14-27-15-12-24/h7-10,16-18H,5-6,11-15H2,1-4H3,(H,23,25)/b10-8+. The van der Waals surface area contributed by atoms with E-state index in [9.17, 15) is 4.79 Å². The van der Waals surface area contributed by atoms with E-state index in [2.05, 4.69) is 24.1 Å². The Bertz CT molecular complexity index is 641. The lowest BCUT2D eigenvalue weighted by Gasteiger charge is -2.35. The Balaban J connectivity index is 1.89. The third-order valence-electron chi connectivity index (χ3n) is 5.09. The molecule has 6 heteroatoms. The molecule has 0 radical (unpaired) electrons. The first-order valence-electron chi connectivity index (χ1n) is 10.2. The molecular formula is C22H34N2O4. The van der Waals surface area contributed by atoms with Crippen molar-refractivity contribution in [2.45, 2.75) is 45.7 Å². The van der Waals surface area contributed by atoms with Crippen molar-refractivity contribution in [2.24, 2.45) is 0 Å². The van der Waals surface area contributed by atoms with Crippen LogP contribution in [0.1, 0.15) is 39.2 Å². The maximum Gasteiger partial charge on any atom is 0.244 e. The minimum Gasteiger partial charge on any atom is -0.493 e. The van der Waals surface area contributed by atoms with E-state index in [4.69, 9.17) is 14.2 Å². The average molecular weight is 391 g/mol. The summed E-state index contributed by atoms with van der Waals surface area (Å²) in [6.07, 6.45) is 5.45. The molecule has 1 heterocycles. The predicted octanol–water partition coefficient (Wildman–Crippen LogP) is 3.11. The first-order valence-corrected chi connectivity index (χ1v) is 10.2. The van der Waals surface area contributed by atoms with Crippen LogP contribution in [0.4, 0.5) is 0 Å². The number of hydrogen-bond donors (Lipinski definition) is 1. The Hall–Kier alpha value is -2.05.